The molecule has 0 atom stereocenters. The smallest absolute Gasteiger partial charge is 0.152 e. The maximum absolute atomic E-state index is 5.67. The molecule has 0 aliphatic rings. The number of rotatable bonds is 2. The maximum Gasteiger partial charge on any atom is 0.152 e. The van der Waals surface area contributed by atoms with Crippen molar-refractivity contribution in [2.24, 2.45) is 16.7 Å². The van der Waals surface area contributed by atoms with Gasteiger partial charge < -0.3 is 19.2 Å². The summed E-state index contributed by atoms with van der Waals surface area (Å²) in [6, 6.07) is 6.99. The molecule has 1 rings (SSSR count). The molecule has 0 fully saturated rings. The minimum atomic E-state index is 0. The fraction of sp³-hybridized carbons (Fsp3) is 0. The number of benzene rings is 1. The van der Waals surface area contributed by atoms with Gasteiger partial charge in [0.25, 0.3) is 0 Å². The number of nitrogens with one attached hydrogen (secondary N) is 1. The van der Waals surface area contributed by atoms with Gasteiger partial charge in [-0.3, -0.25) is 0 Å². The molecule has 0 heterocycles. The molecule has 0 aromatic heterocycles. The summed E-state index contributed by atoms with van der Waals surface area (Å²) in [6.45, 7) is 0. The standard InChI is InChI=1S/C7H9ClN4.Pt.H2S/c8-6-3-1-5(2-4-6)7(9)11-12-10;;/h1-4,12H,10H2,(H2,9,11);;1H2/p-1. The van der Waals surface area contributed by atoms with Crippen LogP contribution in [-0.2, 0) is 34.6 Å². The molecule has 0 aliphatic carbocycles. The van der Waals surface area contributed by atoms with Crippen LogP contribution in [0.5, 0.6) is 0 Å². The number of amidine groups is 1. The molecule has 0 saturated heterocycles. The Hall–Kier alpha value is -0.222. The molecular weight excluding hydrogens is 403 g/mol. The van der Waals surface area contributed by atoms with Crippen molar-refractivity contribution >= 4 is 30.9 Å². The van der Waals surface area contributed by atoms with Crippen LogP contribution in [0.1, 0.15) is 5.56 Å². The molecule has 0 aliphatic heterocycles. The molecule has 0 spiro atoms. The van der Waals surface area contributed by atoms with Crippen LogP contribution >= 0.6 is 11.6 Å². The van der Waals surface area contributed by atoms with Gasteiger partial charge in [-0.2, -0.15) is 0 Å². The van der Waals surface area contributed by atoms with Crippen molar-refractivity contribution < 1.29 is 21.1 Å². The second kappa shape index (κ2) is 8.12. The van der Waals surface area contributed by atoms with Gasteiger partial charge >= 0.3 is 0 Å². The van der Waals surface area contributed by atoms with E-state index in [0.717, 1.165) is 5.56 Å². The zero-order valence-corrected chi connectivity index (χ0v) is 11.0. The van der Waals surface area contributed by atoms with E-state index in [9.17, 15) is 0 Å². The number of hydrogen-bond donors (Lipinski definition) is 3. The molecular formula is C7H10ClN4PtS-. The third kappa shape index (κ3) is 4.86. The van der Waals surface area contributed by atoms with Gasteiger partial charge in [-0.1, -0.05) is 11.6 Å². The van der Waals surface area contributed by atoms with E-state index < -0.39 is 0 Å². The van der Waals surface area contributed by atoms with Crippen molar-refractivity contribution in [1.82, 2.24) is 5.53 Å². The van der Waals surface area contributed by atoms with Crippen LogP contribution in [0.3, 0.4) is 0 Å². The summed E-state index contributed by atoms with van der Waals surface area (Å²) in [5.74, 6) is 5.28. The molecule has 14 heavy (non-hydrogen) atoms. The summed E-state index contributed by atoms with van der Waals surface area (Å²) >= 11 is 5.67. The van der Waals surface area contributed by atoms with E-state index in [1.54, 1.807) is 24.3 Å². The first-order valence-electron chi connectivity index (χ1n) is 3.28. The average molecular weight is 413 g/mol. The van der Waals surface area contributed by atoms with E-state index in [4.69, 9.17) is 23.2 Å². The van der Waals surface area contributed by atoms with E-state index in [2.05, 4.69) is 10.6 Å². The molecule has 0 saturated carbocycles. The van der Waals surface area contributed by atoms with Crippen LogP contribution in [0, 0.1) is 0 Å². The second-order valence-corrected chi connectivity index (χ2v) is 2.57. The topological polar surface area (TPSA) is 76.4 Å². The van der Waals surface area contributed by atoms with E-state index >= 15 is 0 Å². The number of thiol groups is 1. The third-order valence-electron chi connectivity index (χ3n) is 1.32. The Morgan fingerprint density at radius 2 is 1.79 bits per heavy atom. The van der Waals surface area contributed by atoms with Crippen molar-refractivity contribution in [3.63, 3.8) is 0 Å². The number of halogens is 1. The Balaban J connectivity index is 0. The van der Waals surface area contributed by atoms with Crippen LogP contribution in [0.4, 0.5) is 0 Å². The fourth-order valence-electron chi connectivity index (χ4n) is 0.755. The van der Waals surface area contributed by atoms with E-state index in [-0.39, 0.29) is 34.6 Å². The van der Waals surface area contributed by atoms with Crippen molar-refractivity contribution in [2.45, 2.75) is 0 Å². The fourth-order valence-corrected chi connectivity index (χ4v) is 0.881. The zero-order chi connectivity index (χ0) is 8.97. The predicted octanol–water partition coefficient (Wildman–Crippen LogP) is 0.151. The van der Waals surface area contributed by atoms with Gasteiger partial charge in [0.1, 0.15) is 0 Å². The first kappa shape index (κ1) is 16.2. The van der Waals surface area contributed by atoms with Crippen LogP contribution in [-0.4, -0.2) is 5.84 Å². The number of hydrazine groups is 1. The van der Waals surface area contributed by atoms with Crippen molar-refractivity contribution in [3.8, 4) is 0 Å². The van der Waals surface area contributed by atoms with E-state index in [1.165, 1.54) is 0 Å². The third-order valence-corrected chi connectivity index (χ3v) is 1.58. The molecule has 0 radical (unpaired) electrons. The minimum Gasteiger partial charge on any atom is -0.813 e. The Bertz CT molecular complexity index is 290. The molecule has 4 nitrogen and oxygen atoms in total. The summed E-state index contributed by atoms with van der Waals surface area (Å²) in [7, 11) is 0. The SMILES string of the molecule is NN/N=C(\N)c1ccc(Cl)cc1.[Pt].[SH-]. The molecule has 1 aromatic carbocycles. The van der Waals surface area contributed by atoms with E-state index in [1.807, 2.05) is 0 Å². The molecule has 0 bridgehead atoms. The number of hydrogen-bond acceptors (Lipinski definition) is 4. The van der Waals surface area contributed by atoms with Crippen LogP contribution in [0.25, 0.3) is 0 Å². The van der Waals surface area contributed by atoms with Crippen molar-refractivity contribution in [3.05, 3.63) is 34.9 Å². The number of nitrogens with zero attached hydrogens (tertiary/aromatic N) is 1. The van der Waals surface area contributed by atoms with Crippen LogP contribution in [0.2, 0.25) is 5.02 Å². The summed E-state index contributed by atoms with van der Waals surface area (Å²) < 4.78 is 0. The predicted molar refractivity (Wildman–Crippen MR) is 58.3 cm³/mol. The van der Waals surface area contributed by atoms with Gasteiger partial charge in [0.15, 0.2) is 5.84 Å². The summed E-state index contributed by atoms with van der Waals surface area (Å²) in [4.78, 5) is 0. The van der Waals surface area contributed by atoms with Crippen molar-refractivity contribution in [2.75, 3.05) is 0 Å². The Morgan fingerprint density at radius 1 is 1.29 bits per heavy atom. The van der Waals surface area contributed by atoms with Gasteiger partial charge in [-0.15, -0.1) is 5.10 Å². The molecule has 5 N–H and O–H groups in total. The van der Waals surface area contributed by atoms with Crippen LogP contribution in [0.15, 0.2) is 29.4 Å². The zero-order valence-electron chi connectivity index (χ0n) is 7.05. The molecule has 0 amide bonds. The number of nitrogens with two attached hydrogens (primary N) is 2. The molecule has 7 heteroatoms. The minimum absolute atomic E-state index is 0. The summed E-state index contributed by atoms with van der Waals surface area (Å²) in [5.41, 5.74) is 8.41. The maximum atomic E-state index is 5.67. The van der Waals surface area contributed by atoms with Crippen molar-refractivity contribution in [1.29, 1.82) is 0 Å². The molecule has 82 valence electrons. The van der Waals surface area contributed by atoms with Gasteiger partial charge in [0.2, 0.25) is 0 Å². The van der Waals surface area contributed by atoms with E-state index in [0.29, 0.717) is 10.9 Å². The number of hydrazone groups is 1. The normalized spacial score (nSPS) is 9.71. The monoisotopic (exact) mass is 412 g/mol. The van der Waals surface area contributed by atoms with Gasteiger partial charge in [0, 0.05) is 31.7 Å². The molecule has 1 aromatic rings. The first-order chi connectivity index (χ1) is 5.74. The first-order valence-corrected chi connectivity index (χ1v) is 3.66. The Morgan fingerprint density at radius 3 is 2.21 bits per heavy atom. The van der Waals surface area contributed by atoms with Gasteiger partial charge in [-0.05, 0) is 24.3 Å². The second-order valence-electron chi connectivity index (χ2n) is 2.13. The quantitative estimate of drug-likeness (QED) is 0.161. The van der Waals surface area contributed by atoms with Crippen LogP contribution < -0.4 is 17.1 Å². The van der Waals surface area contributed by atoms with Gasteiger partial charge in [0.05, 0.1) is 0 Å². The largest absolute Gasteiger partial charge is 0.813 e. The summed E-state index contributed by atoms with van der Waals surface area (Å²) in [5, 5.41) is 4.26. The summed E-state index contributed by atoms with van der Waals surface area (Å²) in [6.07, 6.45) is 0. The average Bonchev–Trinajstić information content (AvgIpc) is 2.06. The Kier molecular flexibility index (Phi) is 9.40. The van der Waals surface area contributed by atoms with Gasteiger partial charge in [-0.25, -0.2) is 11.4 Å². The Labute approximate surface area is 109 Å². The molecule has 0 unspecified atom stereocenters.